The van der Waals surface area contributed by atoms with Gasteiger partial charge in [0.05, 0.1) is 18.2 Å². The molecule has 1 N–H and O–H groups in total. The van der Waals surface area contributed by atoms with E-state index in [0.29, 0.717) is 22.4 Å². The van der Waals surface area contributed by atoms with Gasteiger partial charge in [-0.3, -0.25) is 4.79 Å². The number of amides is 1. The molecule has 118 valence electrons. The second-order valence-corrected chi connectivity index (χ2v) is 7.46. The highest BCUT2D eigenvalue weighted by molar-refractivity contribution is 6.31. The van der Waals surface area contributed by atoms with Gasteiger partial charge in [-0.25, -0.2) is 0 Å². The number of benzene rings is 1. The molecular weight excluding hydrogens is 298 g/mol. The summed E-state index contributed by atoms with van der Waals surface area (Å²) in [6.45, 7) is 8.67. The van der Waals surface area contributed by atoms with Crippen LogP contribution in [0.3, 0.4) is 0 Å². The Morgan fingerprint density at radius 2 is 2.18 bits per heavy atom. The van der Waals surface area contributed by atoms with Crippen LogP contribution in [0.15, 0.2) is 30.4 Å². The molecule has 0 aromatic heterocycles. The molecular formula is C18H22ClNO2. The van der Waals surface area contributed by atoms with Crippen LogP contribution in [0.5, 0.6) is 5.75 Å². The first kappa shape index (κ1) is 15.4. The van der Waals surface area contributed by atoms with E-state index in [1.807, 2.05) is 0 Å². The minimum Gasteiger partial charge on any atom is -0.495 e. The van der Waals surface area contributed by atoms with E-state index in [1.54, 1.807) is 25.3 Å². The molecule has 0 aliphatic heterocycles. The van der Waals surface area contributed by atoms with Crippen molar-refractivity contribution in [3.05, 3.63) is 35.4 Å². The number of carbonyl (C=O) groups is 1. The fourth-order valence-corrected chi connectivity index (χ4v) is 4.33. The van der Waals surface area contributed by atoms with Crippen molar-refractivity contribution in [2.24, 2.45) is 16.7 Å². The van der Waals surface area contributed by atoms with Crippen molar-refractivity contribution in [3.63, 3.8) is 0 Å². The van der Waals surface area contributed by atoms with Gasteiger partial charge in [0.25, 0.3) is 0 Å². The van der Waals surface area contributed by atoms with E-state index >= 15 is 0 Å². The molecule has 4 heteroatoms. The molecule has 3 nitrogen and oxygen atoms in total. The van der Waals surface area contributed by atoms with Crippen LogP contribution >= 0.6 is 11.6 Å². The van der Waals surface area contributed by atoms with Gasteiger partial charge in [-0.05, 0) is 48.8 Å². The Morgan fingerprint density at radius 3 is 2.77 bits per heavy atom. The lowest BCUT2D eigenvalue weighted by atomic mass is 9.68. The molecule has 0 radical (unpaired) electrons. The fourth-order valence-electron chi connectivity index (χ4n) is 4.16. The number of ether oxygens (including phenoxy) is 1. The fraction of sp³-hybridized carbons (Fsp3) is 0.500. The molecule has 2 fully saturated rings. The van der Waals surface area contributed by atoms with Gasteiger partial charge in [0, 0.05) is 5.02 Å². The van der Waals surface area contributed by atoms with Crippen molar-refractivity contribution >= 4 is 23.2 Å². The van der Waals surface area contributed by atoms with Gasteiger partial charge < -0.3 is 10.1 Å². The van der Waals surface area contributed by atoms with E-state index < -0.39 is 5.41 Å². The van der Waals surface area contributed by atoms with Gasteiger partial charge in [-0.15, -0.1) is 0 Å². The Morgan fingerprint density at radius 1 is 1.45 bits per heavy atom. The van der Waals surface area contributed by atoms with Gasteiger partial charge in [-0.2, -0.15) is 0 Å². The lowest BCUT2D eigenvalue weighted by molar-refractivity contribution is -0.123. The van der Waals surface area contributed by atoms with Crippen molar-refractivity contribution in [1.29, 1.82) is 0 Å². The number of methoxy groups -OCH3 is 1. The Kier molecular flexibility index (Phi) is 3.52. The third kappa shape index (κ3) is 2.06. The quantitative estimate of drug-likeness (QED) is 0.822. The van der Waals surface area contributed by atoms with Gasteiger partial charge in [-0.1, -0.05) is 37.6 Å². The molecule has 2 aliphatic carbocycles. The van der Waals surface area contributed by atoms with Crippen molar-refractivity contribution in [3.8, 4) is 5.75 Å². The molecule has 0 spiro atoms. The predicted molar refractivity (Wildman–Crippen MR) is 89.3 cm³/mol. The summed E-state index contributed by atoms with van der Waals surface area (Å²) in [4.78, 5) is 13.0. The van der Waals surface area contributed by atoms with Crippen LogP contribution in [0.4, 0.5) is 5.69 Å². The first-order valence-electron chi connectivity index (χ1n) is 7.66. The first-order chi connectivity index (χ1) is 10.3. The molecule has 1 amide bonds. The number of hydrogen-bond acceptors (Lipinski definition) is 2. The molecule has 0 heterocycles. The first-order valence-corrected chi connectivity index (χ1v) is 8.04. The maximum atomic E-state index is 13.0. The smallest absolute Gasteiger partial charge is 0.234 e. The number of fused-ring (bicyclic) bond motifs is 2. The highest BCUT2D eigenvalue weighted by Crippen LogP contribution is 2.65. The van der Waals surface area contributed by atoms with Crippen molar-refractivity contribution in [2.75, 3.05) is 12.4 Å². The van der Waals surface area contributed by atoms with Crippen molar-refractivity contribution < 1.29 is 9.53 Å². The van der Waals surface area contributed by atoms with E-state index in [2.05, 4.69) is 25.7 Å². The molecule has 2 unspecified atom stereocenters. The standard InChI is InChI=1S/C18H22ClNO2/c1-11-17(2,3)12-7-8-18(11,10-12)16(21)20-14-9-13(19)5-6-15(14)22-4/h5-6,9,12H,1,7-8,10H2,2-4H3,(H,20,21). The molecule has 3 rings (SSSR count). The summed E-state index contributed by atoms with van der Waals surface area (Å²) in [5, 5.41) is 3.59. The van der Waals surface area contributed by atoms with Crippen LogP contribution in [-0.4, -0.2) is 13.0 Å². The molecule has 22 heavy (non-hydrogen) atoms. The number of carbonyl (C=O) groups excluding carboxylic acids is 1. The average Bonchev–Trinajstić information content (AvgIpc) is 2.99. The minimum absolute atomic E-state index is 0.0196. The van der Waals surface area contributed by atoms with Gasteiger partial charge >= 0.3 is 0 Å². The van der Waals surface area contributed by atoms with Crippen LogP contribution < -0.4 is 10.1 Å². The Bertz CT molecular complexity index is 652. The summed E-state index contributed by atoms with van der Waals surface area (Å²) in [5.74, 6) is 1.18. The zero-order valence-corrected chi connectivity index (χ0v) is 14.1. The molecule has 1 aromatic rings. The number of nitrogens with one attached hydrogen (secondary N) is 1. The number of rotatable bonds is 3. The molecule has 0 saturated heterocycles. The van der Waals surface area contributed by atoms with E-state index in [1.165, 1.54) is 0 Å². The third-order valence-corrected chi connectivity index (χ3v) is 5.97. The monoisotopic (exact) mass is 319 g/mol. The van der Waals surface area contributed by atoms with Crippen LogP contribution in [-0.2, 0) is 4.79 Å². The maximum absolute atomic E-state index is 13.0. The third-order valence-electron chi connectivity index (χ3n) is 5.73. The molecule has 2 atom stereocenters. The van der Waals surface area contributed by atoms with Crippen molar-refractivity contribution in [2.45, 2.75) is 33.1 Å². The molecule has 2 saturated carbocycles. The number of halogens is 1. The molecule has 1 aromatic carbocycles. The van der Waals surface area contributed by atoms with Crippen LogP contribution in [0, 0.1) is 16.7 Å². The van der Waals surface area contributed by atoms with Crippen LogP contribution in [0.25, 0.3) is 0 Å². The maximum Gasteiger partial charge on any atom is 0.234 e. The summed E-state index contributed by atoms with van der Waals surface area (Å²) in [7, 11) is 1.58. The number of hydrogen-bond donors (Lipinski definition) is 1. The van der Waals surface area contributed by atoms with E-state index in [0.717, 1.165) is 24.8 Å². The number of anilines is 1. The lowest BCUT2D eigenvalue weighted by Crippen LogP contribution is -2.37. The van der Waals surface area contributed by atoms with E-state index in [4.69, 9.17) is 16.3 Å². The molecule has 2 aliphatic rings. The van der Waals surface area contributed by atoms with Crippen LogP contribution in [0.1, 0.15) is 33.1 Å². The molecule has 2 bridgehead atoms. The predicted octanol–water partition coefficient (Wildman–Crippen LogP) is 4.67. The van der Waals surface area contributed by atoms with Gasteiger partial charge in [0.15, 0.2) is 0 Å². The second kappa shape index (κ2) is 5.02. The van der Waals surface area contributed by atoms with E-state index in [-0.39, 0.29) is 11.3 Å². The van der Waals surface area contributed by atoms with Crippen LogP contribution in [0.2, 0.25) is 5.02 Å². The Balaban J connectivity index is 1.90. The Hall–Kier alpha value is -1.48. The normalized spacial score (nSPS) is 28.7. The largest absolute Gasteiger partial charge is 0.495 e. The minimum atomic E-state index is -0.443. The average molecular weight is 320 g/mol. The summed E-state index contributed by atoms with van der Waals surface area (Å²) in [6, 6.07) is 5.24. The highest BCUT2D eigenvalue weighted by atomic mass is 35.5. The topological polar surface area (TPSA) is 38.3 Å². The summed E-state index contributed by atoms with van der Waals surface area (Å²) in [6.07, 6.45) is 2.87. The lowest BCUT2D eigenvalue weighted by Gasteiger charge is -2.37. The zero-order valence-electron chi connectivity index (χ0n) is 13.3. The zero-order chi connectivity index (χ0) is 16.1. The Labute approximate surface area is 136 Å². The summed E-state index contributed by atoms with van der Waals surface area (Å²) < 4.78 is 5.31. The van der Waals surface area contributed by atoms with E-state index in [9.17, 15) is 4.79 Å². The van der Waals surface area contributed by atoms with Gasteiger partial charge in [0.2, 0.25) is 5.91 Å². The SMILES string of the molecule is C=C1C2(C(=O)Nc3cc(Cl)ccc3OC)CCC(C2)C1(C)C. The highest BCUT2D eigenvalue weighted by Gasteiger charge is 2.60. The second-order valence-electron chi connectivity index (χ2n) is 7.02. The summed E-state index contributed by atoms with van der Waals surface area (Å²) >= 11 is 6.04. The summed E-state index contributed by atoms with van der Waals surface area (Å²) in [5.41, 5.74) is 1.28. The van der Waals surface area contributed by atoms with Crippen molar-refractivity contribution in [1.82, 2.24) is 0 Å². The van der Waals surface area contributed by atoms with Gasteiger partial charge in [0.1, 0.15) is 5.75 Å².